The Balaban J connectivity index is 2.13. The minimum absolute atomic E-state index is 0.0841. The summed E-state index contributed by atoms with van der Waals surface area (Å²) in [6.07, 6.45) is -0.566. The van der Waals surface area contributed by atoms with Crippen molar-refractivity contribution in [3.05, 3.63) is 24.3 Å². The fraction of sp³-hybridized carbons (Fsp3) is 0.429. The summed E-state index contributed by atoms with van der Waals surface area (Å²) >= 11 is 0. The van der Waals surface area contributed by atoms with Crippen molar-refractivity contribution in [3.8, 4) is 5.75 Å². The van der Waals surface area contributed by atoms with Crippen molar-refractivity contribution in [3.63, 3.8) is 0 Å². The molecule has 1 saturated heterocycles. The molecule has 0 aromatic heterocycles. The standard InChI is InChI=1S/C14H18N2O5/c1-20-12-6-4-3-5-10(12)15-14(19)16-8-9(17)7-11(16)13(18)21-2/h3-6,9,11,17H,7-8H2,1-2H3,(H,15,19). The lowest BCUT2D eigenvalue weighted by Gasteiger charge is -2.23. The van der Waals surface area contributed by atoms with Gasteiger partial charge in [0.15, 0.2) is 0 Å². The van der Waals surface area contributed by atoms with E-state index >= 15 is 0 Å². The number of amides is 2. The summed E-state index contributed by atoms with van der Waals surface area (Å²) in [6, 6.07) is 5.69. The van der Waals surface area contributed by atoms with Crippen LogP contribution in [0, 0.1) is 0 Å². The molecule has 114 valence electrons. The predicted molar refractivity (Wildman–Crippen MR) is 75.1 cm³/mol. The molecule has 1 aliphatic rings. The number of nitrogens with zero attached hydrogens (tertiary/aromatic N) is 1. The monoisotopic (exact) mass is 294 g/mol. The average Bonchev–Trinajstić information content (AvgIpc) is 2.89. The van der Waals surface area contributed by atoms with Crippen LogP contribution in [0.4, 0.5) is 10.5 Å². The van der Waals surface area contributed by atoms with E-state index in [0.29, 0.717) is 11.4 Å². The van der Waals surface area contributed by atoms with Gasteiger partial charge in [-0.1, -0.05) is 12.1 Å². The van der Waals surface area contributed by atoms with Crippen molar-refractivity contribution in [2.75, 3.05) is 26.1 Å². The largest absolute Gasteiger partial charge is 0.495 e. The SMILES string of the molecule is COC(=O)C1CC(O)CN1C(=O)Nc1ccccc1OC. The van der Waals surface area contributed by atoms with Gasteiger partial charge >= 0.3 is 12.0 Å². The molecule has 1 aromatic carbocycles. The van der Waals surface area contributed by atoms with Crippen LogP contribution in [0.25, 0.3) is 0 Å². The molecule has 7 nitrogen and oxygen atoms in total. The smallest absolute Gasteiger partial charge is 0.328 e. The first-order valence-electron chi connectivity index (χ1n) is 6.53. The number of para-hydroxylation sites is 2. The second-order valence-electron chi connectivity index (χ2n) is 4.71. The van der Waals surface area contributed by atoms with Gasteiger partial charge in [0.1, 0.15) is 11.8 Å². The van der Waals surface area contributed by atoms with Crippen molar-refractivity contribution in [1.82, 2.24) is 4.90 Å². The molecule has 0 aliphatic carbocycles. The summed E-state index contributed by atoms with van der Waals surface area (Å²) in [5.74, 6) is -0.0260. The van der Waals surface area contributed by atoms with Crippen LogP contribution in [0.3, 0.4) is 0 Å². The molecule has 1 aliphatic heterocycles. The topological polar surface area (TPSA) is 88.1 Å². The number of benzene rings is 1. The minimum atomic E-state index is -0.778. The van der Waals surface area contributed by atoms with Crippen LogP contribution in [0.15, 0.2) is 24.3 Å². The van der Waals surface area contributed by atoms with Crippen molar-refractivity contribution >= 4 is 17.7 Å². The number of hydrogen-bond donors (Lipinski definition) is 2. The van der Waals surface area contributed by atoms with Gasteiger partial charge in [-0.25, -0.2) is 9.59 Å². The van der Waals surface area contributed by atoms with Gasteiger partial charge < -0.3 is 24.8 Å². The highest BCUT2D eigenvalue weighted by atomic mass is 16.5. The van der Waals surface area contributed by atoms with Crippen molar-refractivity contribution in [2.24, 2.45) is 0 Å². The maximum absolute atomic E-state index is 12.3. The van der Waals surface area contributed by atoms with E-state index in [1.165, 1.54) is 19.1 Å². The number of carbonyl (C=O) groups excluding carboxylic acids is 2. The van der Waals surface area contributed by atoms with Crippen molar-refractivity contribution in [1.29, 1.82) is 0 Å². The molecular formula is C14H18N2O5. The number of aliphatic hydroxyl groups is 1. The van der Waals surface area contributed by atoms with Crippen LogP contribution < -0.4 is 10.1 Å². The lowest BCUT2D eigenvalue weighted by atomic mass is 10.2. The molecule has 21 heavy (non-hydrogen) atoms. The Kier molecular flexibility index (Phi) is 4.64. The van der Waals surface area contributed by atoms with Crippen molar-refractivity contribution < 1.29 is 24.2 Å². The van der Waals surface area contributed by atoms with Crippen LogP contribution in [0.1, 0.15) is 6.42 Å². The first-order valence-corrected chi connectivity index (χ1v) is 6.53. The highest BCUT2D eigenvalue weighted by molar-refractivity contribution is 5.94. The molecular weight excluding hydrogens is 276 g/mol. The second-order valence-corrected chi connectivity index (χ2v) is 4.71. The Labute approximate surface area is 122 Å². The molecule has 1 heterocycles. The van der Waals surface area contributed by atoms with Crippen molar-refractivity contribution in [2.45, 2.75) is 18.6 Å². The molecule has 2 rings (SSSR count). The summed E-state index contributed by atoms with van der Waals surface area (Å²) in [5, 5.41) is 12.4. The van der Waals surface area contributed by atoms with E-state index in [0.717, 1.165) is 0 Å². The number of esters is 1. The fourth-order valence-corrected chi connectivity index (χ4v) is 2.33. The highest BCUT2D eigenvalue weighted by Gasteiger charge is 2.39. The number of hydrogen-bond acceptors (Lipinski definition) is 5. The Morgan fingerprint density at radius 2 is 2.05 bits per heavy atom. The van der Waals surface area contributed by atoms with Crippen LogP contribution in [0.2, 0.25) is 0 Å². The predicted octanol–water partition coefficient (Wildman–Crippen LogP) is 0.835. The number of ether oxygens (including phenoxy) is 2. The molecule has 0 radical (unpaired) electrons. The fourth-order valence-electron chi connectivity index (χ4n) is 2.33. The Bertz CT molecular complexity index is 534. The summed E-state index contributed by atoms with van der Waals surface area (Å²) in [6.45, 7) is 0.0841. The third kappa shape index (κ3) is 3.25. The lowest BCUT2D eigenvalue weighted by Crippen LogP contribution is -2.43. The molecule has 0 bridgehead atoms. The van der Waals surface area contributed by atoms with Gasteiger partial charge in [-0.3, -0.25) is 0 Å². The molecule has 0 spiro atoms. The van der Waals surface area contributed by atoms with Crippen LogP contribution in [-0.2, 0) is 9.53 Å². The zero-order valence-corrected chi connectivity index (χ0v) is 11.9. The van der Waals surface area contributed by atoms with E-state index in [2.05, 4.69) is 10.1 Å². The zero-order valence-electron chi connectivity index (χ0n) is 11.9. The normalized spacial score (nSPS) is 21.0. The molecule has 7 heteroatoms. The molecule has 0 saturated carbocycles. The molecule has 2 amide bonds. The van der Waals surface area contributed by atoms with Crippen LogP contribution in [0.5, 0.6) is 5.75 Å². The number of nitrogens with one attached hydrogen (secondary N) is 1. The maximum Gasteiger partial charge on any atom is 0.328 e. The number of carbonyl (C=O) groups is 2. The average molecular weight is 294 g/mol. The van der Waals surface area contributed by atoms with E-state index in [4.69, 9.17) is 4.74 Å². The van der Waals surface area contributed by atoms with E-state index < -0.39 is 24.1 Å². The maximum atomic E-state index is 12.3. The lowest BCUT2D eigenvalue weighted by molar-refractivity contribution is -0.144. The number of β-amino-alcohol motifs (C(OH)–C–C–N with tert-alkyl or cyclic N) is 1. The number of aliphatic hydroxyl groups excluding tert-OH is 1. The number of likely N-dealkylation sites (tertiary alicyclic amines) is 1. The van der Waals surface area contributed by atoms with Gasteiger partial charge in [0.25, 0.3) is 0 Å². The van der Waals surface area contributed by atoms with E-state index in [1.54, 1.807) is 24.3 Å². The van der Waals surface area contributed by atoms with Gasteiger partial charge in [0.05, 0.1) is 26.0 Å². The van der Waals surface area contributed by atoms with E-state index in [9.17, 15) is 14.7 Å². The van der Waals surface area contributed by atoms with E-state index in [-0.39, 0.29) is 13.0 Å². The first-order chi connectivity index (χ1) is 10.1. The molecule has 2 atom stereocenters. The number of anilines is 1. The van der Waals surface area contributed by atoms with Gasteiger partial charge in [-0.15, -0.1) is 0 Å². The zero-order chi connectivity index (χ0) is 15.4. The van der Waals surface area contributed by atoms with Gasteiger partial charge in [0.2, 0.25) is 0 Å². The van der Waals surface area contributed by atoms with Crippen LogP contribution >= 0.6 is 0 Å². The molecule has 1 fully saturated rings. The third-order valence-corrected chi connectivity index (χ3v) is 3.36. The summed E-state index contributed by atoms with van der Waals surface area (Å²) in [4.78, 5) is 25.2. The molecule has 2 N–H and O–H groups in total. The Hall–Kier alpha value is -2.28. The third-order valence-electron chi connectivity index (χ3n) is 3.36. The van der Waals surface area contributed by atoms with Crippen LogP contribution in [-0.4, -0.2) is 54.9 Å². The summed E-state index contributed by atoms with van der Waals surface area (Å²) in [7, 11) is 2.76. The number of rotatable bonds is 3. The number of methoxy groups -OCH3 is 2. The van der Waals surface area contributed by atoms with Gasteiger partial charge in [0, 0.05) is 13.0 Å². The van der Waals surface area contributed by atoms with E-state index in [1.807, 2.05) is 0 Å². The summed E-state index contributed by atoms with van der Waals surface area (Å²) in [5.41, 5.74) is 0.495. The van der Waals surface area contributed by atoms with Gasteiger partial charge in [-0.05, 0) is 12.1 Å². The van der Waals surface area contributed by atoms with Gasteiger partial charge in [-0.2, -0.15) is 0 Å². The number of urea groups is 1. The molecule has 2 unspecified atom stereocenters. The second kappa shape index (κ2) is 6.45. The quantitative estimate of drug-likeness (QED) is 0.806. The summed E-state index contributed by atoms with van der Waals surface area (Å²) < 4.78 is 9.81. The highest BCUT2D eigenvalue weighted by Crippen LogP contribution is 2.25. The minimum Gasteiger partial charge on any atom is -0.495 e. The Morgan fingerprint density at radius 3 is 2.71 bits per heavy atom. The molecule has 1 aromatic rings. The first kappa shape index (κ1) is 15.1. The Morgan fingerprint density at radius 1 is 1.33 bits per heavy atom.